The Morgan fingerprint density at radius 1 is 1.09 bits per heavy atom. The molecule has 1 saturated carbocycles. The van der Waals surface area contributed by atoms with Crippen molar-refractivity contribution >= 4 is 11.8 Å². The summed E-state index contributed by atoms with van der Waals surface area (Å²) in [6.07, 6.45) is 4.71. The standard InChI is InChI=1S/C18H24N2O2/c1-14-5-7-15(8-6-14)13-19-16(21)18(9-10-18)17(22)20-11-3-2-4-12-20/h5-8H,2-4,9-13H2,1H3,(H,19,21). The highest BCUT2D eigenvalue weighted by Gasteiger charge is 2.57. The van der Waals surface area contributed by atoms with Gasteiger partial charge in [0, 0.05) is 19.6 Å². The van der Waals surface area contributed by atoms with Crippen LogP contribution in [0.2, 0.25) is 0 Å². The first-order valence-electron chi connectivity index (χ1n) is 8.25. The number of benzene rings is 1. The largest absolute Gasteiger partial charge is 0.351 e. The molecule has 2 fully saturated rings. The zero-order chi connectivity index (χ0) is 15.6. The van der Waals surface area contributed by atoms with E-state index in [4.69, 9.17) is 0 Å². The van der Waals surface area contributed by atoms with Crippen molar-refractivity contribution < 1.29 is 9.59 Å². The molecule has 22 heavy (non-hydrogen) atoms. The van der Waals surface area contributed by atoms with E-state index in [9.17, 15) is 9.59 Å². The molecule has 1 aromatic carbocycles. The van der Waals surface area contributed by atoms with Gasteiger partial charge in [0.1, 0.15) is 5.41 Å². The van der Waals surface area contributed by atoms with Gasteiger partial charge in [-0.1, -0.05) is 29.8 Å². The lowest BCUT2D eigenvalue weighted by molar-refractivity contribution is -0.145. The third kappa shape index (κ3) is 3.01. The molecular formula is C18H24N2O2. The molecule has 2 amide bonds. The Morgan fingerprint density at radius 2 is 1.73 bits per heavy atom. The Kier molecular flexibility index (Phi) is 4.19. The number of rotatable bonds is 4. The first kappa shape index (κ1) is 15.1. The molecule has 0 spiro atoms. The number of piperidine rings is 1. The molecule has 0 unspecified atom stereocenters. The summed E-state index contributed by atoms with van der Waals surface area (Å²) in [6, 6.07) is 8.10. The Bertz CT molecular complexity index is 555. The number of hydrogen-bond donors (Lipinski definition) is 1. The summed E-state index contributed by atoms with van der Waals surface area (Å²) in [4.78, 5) is 27.0. The van der Waals surface area contributed by atoms with Gasteiger partial charge in [-0.2, -0.15) is 0 Å². The van der Waals surface area contributed by atoms with E-state index in [-0.39, 0.29) is 11.8 Å². The highest BCUT2D eigenvalue weighted by atomic mass is 16.2. The lowest BCUT2D eigenvalue weighted by Crippen LogP contribution is -2.46. The molecule has 1 N–H and O–H groups in total. The summed E-state index contributed by atoms with van der Waals surface area (Å²) in [5.74, 6) is -0.0442. The van der Waals surface area contributed by atoms with Crippen LogP contribution in [0.4, 0.5) is 0 Å². The van der Waals surface area contributed by atoms with Crippen LogP contribution in [0.3, 0.4) is 0 Å². The molecule has 1 aliphatic heterocycles. The molecule has 4 heteroatoms. The van der Waals surface area contributed by atoms with E-state index in [1.165, 1.54) is 12.0 Å². The Balaban J connectivity index is 1.58. The lowest BCUT2D eigenvalue weighted by Gasteiger charge is -2.30. The van der Waals surface area contributed by atoms with Gasteiger partial charge < -0.3 is 10.2 Å². The van der Waals surface area contributed by atoms with Crippen LogP contribution in [0.5, 0.6) is 0 Å². The van der Waals surface area contributed by atoms with Gasteiger partial charge in [0.15, 0.2) is 0 Å². The predicted molar refractivity (Wildman–Crippen MR) is 85.1 cm³/mol. The van der Waals surface area contributed by atoms with Crippen molar-refractivity contribution in [2.24, 2.45) is 5.41 Å². The summed E-state index contributed by atoms with van der Waals surface area (Å²) in [5, 5.41) is 2.95. The van der Waals surface area contributed by atoms with Crippen molar-refractivity contribution in [3.8, 4) is 0 Å². The minimum atomic E-state index is -0.762. The molecule has 0 bridgehead atoms. The van der Waals surface area contributed by atoms with Crippen molar-refractivity contribution in [3.63, 3.8) is 0 Å². The summed E-state index contributed by atoms with van der Waals surface area (Å²) < 4.78 is 0. The van der Waals surface area contributed by atoms with Crippen molar-refractivity contribution in [1.82, 2.24) is 10.2 Å². The number of nitrogens with zero attached hydrogens (tertiary/aromatic N) is 1. The van der Waals surface area contributed by atoms with Crippen molar-refractivity contribution in [1.29, 1.82) is 0 Å². The number of likely N-dealkylation sites (tertiary alicyclic amines) is 1. The van der Waals surface area contributed by atoms with Gasteiger partial charge in [-0.15, -0.1) is 0 Å². The van der Waals surface area contributed by atoms with Crippen LogP contribution in [0.25, 0.3) is 0 Å². The van der Waals surface area contributed by atoms with Gasteiger partial charge in [-0.3, -0.25) is 9.59 Å². The molecular weight excluding hydrogens is 276 g/mol. The van der Waals surface area contributed by atoms with E-state index < -0.39 is 5.41 Å². The van der Waals surface area contributed by atoms with Crippen molar-refractivity contribution in [2.45, 2.75) is 45.6 Å². The topological polar surface area (TPSA) is 49.4 Å². The normalized spacial score (nSPS) is 19.6. The van der Waals surface area contributed by atoms with Gasteiger partial charge in [0.25, 0.3) is 0 Å². The number of carbonyl (C=O) groups is 2. The van der Waals surface area contributed by atoms with Crippen LogP contribution in [0, 0.1) is 12.3 Å². The minimum Gasteiger partial charge on any atom is -0.351 e. The average molecular weight is 300 g/mol. The fourth-order valence-electron chi connectivity index (χ4n) is 3.12. The average Bonchev–Trinajstić information content (AvgIpc) is 3.36. The molecule has 1 aromatic rings. The Labute approximate surface area is 131 Å². The number of carbonyl (C=O) groups excluding carboxylic acids is 2. The first-order chi connectivity index (χ1) is 10.6. The van der Waals surface area contributed by atoms with Gasteiger partial charge in [-0.25, -0.2) is 0 Å². The van der Waals surface area contributed by atoms with Crippen LogP contribution < -0.4 is 5.32 Å². The lowest BCUT2D eigenvalue weighted by atomic mass is 10.0. The van der Waals surface area contributed by atoms with E-state index in [0.29, 0.717) is 19.4 Å². The van der Waals surface area contributed by atoms with Gasteiger partial charge in [0.05, 0.1) is 0 Å². The molecule has 0 radical (unpaired) electrons. The summed E-state index contributed by atoms with van der Waals surface area (Å²) in [5.41, 5.74) is 1.51. The van der Waals surface area contributed by atoms with E-state index in [0.717, 1.165) is 31.5 Å². The smallest absolute Gasteiger partial charge is 0.238 e. The van der Waals surface area contributed by atoms with Crippen LogP contribution in [-0.2, 0) is 16.1 Å². The molecule has 3 rings (SSSR count). The van der Waals surface area contributed by atoms with E-state index in [1.807, 2.05) is 36.1 Å². The van der Waals surface area contributed by atoms with E-state index in [2.05, 4.69) is 5.32 Å². The fourth-order valence-corrected chi connectivity index (χ4v) is 3.12. The quantitative estimate of drug-likeness (QED) is 0.868. The van der Waals surface area contributed by atoms with Gasteiger partial charge in [0.2, 0.25) is 11.8 Å². The van der Waals surface area contributed by atoms with Crippen LogP contribution in [0.15, 0.2) is 24.3 Å². The predicted octanol–water partition coefficient (Wildman–Crippen LogP) is 2.40. The molecule has 0 aromatic heterocycles. The highest BCUT2D eigenvalue weighted by Crippen LogP contribution is 2.47. The summed E-state index contributed by atoms with van der Waals surface area (Å²) in [6.45, 7) is 4.16. The molecule has 0 atom stereocenters. The second-order valence-electron chi connectivity index (χ2n) is 6.60. The zero-order valence-corrected chi connectivity index (χ0v) is 13.2. The maximum Gasteiger partial charge on any atom is 0.238 e. The highest BCUT2D eigenvalue weighted by molar-refractivity contribution is 6.07. The number of amides is 2. The molecule has 1 saturated heterocycles. The zero-order valence-electron chi connectivity index (χ0n) is 13.2. The summed E-state index contributed by atoms with van der Waals surface area (Å²) in [7, 11) is 0. The molecule has 4 nitrogen and oxygen atoms in total. The van der Waals surface area contributed by atoms with Crippen molar-refractivity contribution in [3.05, 3.63) is 35.4 Å². The SMILES string of the molecule is Cc1ccc(CNC(=O)C2(C(=O)N3CCCCC3)CC2)cc1. The molecule has 1 aliphatic carbocycles. The van der Waals surface area contributed by atoms with Crippen LogP contribution >= 0.6 is 0 Å². The number of hydrogen-bond acceptors (Lipinski definition) is 2. The minimum absolute atomic E-state index is 0.0496. The summed E-state index contributed by atoms with van der Waals surface area (Å²) >= 11 is 0. The second-order valence-corrected chi connectivity index (χ2v) is 6.60. The second kappa shape index (κ2) is 6.11. The molecule has 118 valence electrons. The van der Waals surface area contributed by atoms with Crippen molar-refractivity contribution in [2.75, 3.05) is 13.1 Å². The number of aryl methyl sites for hydroxylation is 1. The number of nitrogens with one attached hydrogen (secondary N) is 1. The monoisotopic (exact) mass is 300 g/mol. The fraction of sp³-hybridized carbons (Fsp3) is 0.556. The maximum atomic E-state index is 12.6. The van der Waals surface area contributed by atoms with Crippen LogP contribution in [-0.4, -0.2) is 29.8 Å². The molecule has 1 heterocycles. The Hall–Kier alpha value is -1.84. The van der Waals surface area contributed by atoms with E-state index >= 15 is 0 Å². The Morgan fingerprint density at radius 3 is 2.32 bits per heavy atom. The van der Waals surface area contributed by atoms with Crippen LogP contribution in [0.1, 0.15) is 43.2 Å². The van der Waals surface area contributed by atoms with E-state index in [1.54, 1.807) is 0 Å². The van der Waals surface area contributed by atoms with Gasteiger partial charge in [-0.05, 0) is 44.6 Å². The maximum absolute atomic E-state index is 12.6. The first-order valence-corrected chi connectivity index (χ1v) is 8.25. The third-order valence-corrected chi connectivity index (χ3v) is 4.81. The molecule has 2 aliphatic rings. The van der Waals surface area contributed by atoms with Gasteiger partial charge >= 0.3 is 0 Å². The third-order valence-electron chi connectivity index (χ3n) is 4.81.